The number of benzene rings is 1. The van der Waals surface area contributed by atoms with Crippen molar-refractivity contribution in [3.63, 3.8) is 0 Å². The Kier molecular flexibility index (Phi) is 3.10. The van der Waals surface area contributed by atoms with Gasteiger partial charge in [0.05, 0.1) is 5.02 Å². The molecular weight excluding hydrogens is 312 g/mol. The lowest BCUT2D eigenvalue weighted by atomic mass is 10.2. The Bertz CT molecular complexity index is 706. The Morgan fingerprint density at radius 1 is 1.22 bits per heavy atom. The second-order valence-electron chi connectivity index (χ2n) is 4.11. The van der Waals surface area contributed by atoms with E-state index in [-0.39, 0.29) is 0 Å². The normalized spacial score (nSPS) is 11.0. The standard InChI is InChI=1S/C14H10BrClN2/c15-12-2-1-10-4-6-18(14(10)7-12)9-11-3-5-17-8-13(11)16/h1-8H,9H2. The number of rotatable bonds is 2. The fourth-order valence-electron chi connectivity index (χ4n) is 2.01. The van der Waals surface area contributed by atoms with Gasteiger partial charge in [-0.05, 0) is 35.2 Å². The number of hydrogen-bond acceptors (Lipinski definition) is 1. The van der Waals surface area contributed by atoms with Crippen LogP contribution >= 0.6 is 27.5 Å². The van der Waals surface area contributed by atoms with Crippen molar-refractivity contribution in [2.45, 2.75) is 6.54 Å². The first-order chi connectivity index (χ1) is 8.74. The Hall–Kier alpha value is -1.32. The zero-order chi connectivity index (χ0) is 12.5. The number of fused-ring (bicyclic) bond motifs is 1. The van der Waals surface area contributed by atoms with Crippen LogP contribution in [0.2, 0.25) is 5.02 Å². The Morgan fingerprint density at radius 2 is 2.11 bits per heavy atom. The van der Waals surface area contributed by atoms with Crippen LogP contribution < -0.4 is 0 Å². The molecule has 1 aromatic carbocycles. The van der Waals surface area contributed by atoms with E-state index in [4.69, 9.17) is 11.6 Å². The van der Waals surface area contributed by atoms with Crippen LogP contribution in [0.3, 0.4) is 0 Å². The lowest BCUT2D eigenvalue weighted by Gasteiger charge is -2.07. The first kappa shape index (κ1) is 11.8. The molecule has 3 aromatic rings. The van der Waals surface area contributed by atoms with E-state index in [2.05, 4.69) is 49.9 Å². The molecule has 0 atom stereocenters. The maximum absolute atomic E-state index is 6.14. The predicted molar refractivity (Wildman–Crippen MR) is 78.0 cm³/mol. The molecule has 0 N–H and O–H groups in total. The Balaban J connectivity index is 2.05. The molecule has 18 heavy (non-hydrogen) atoms. The van der Waals surface area contributed by atoms with Gasteiger partial charge in [0, 0.05) is 35.1 Å². The average Bonchev–Trinajstić information content (AvgIpc) is 2.75. The molecule has 90 valence electrons. The van der Waals surface area contributed by atoms with Gasteiger partial charge in [-0.3, -0.25) is 4.98 Å². The van der Waals surface area contributed by atoms with Crippen molar-refractivity contribution in [2.75, 3.05) is 0 Å². The summed E-state index contributed by atoms with van der Waals surface area (Å²) in [5.41, 5.74) is 2.27. The van der Waals surface area contributed by atoms with E-state index in [1.165, 1.54) is 10.9 Å². The first-order valence-corrected chi connectivity index (χ1v) is 6.74. The molecule has 0 bridgehead atoms. The molecular formula is C14H10BrClN2. The van der Waals surface area contributed by atoms with E-state index in [0.29, 0.717) is 5.02 Å². The van der Waals surface area contributed by atoms with Crippen molar-refractivity contribution in [2.24, 2.45) is 0 Å². The maximum atomic E-state index is 6.14. The van der Waals surface area contributed by atoms with Crippen molar-refractivity contribution in [3.05, 3.63) is 64.0 Å². The van der Waals surface area contributed by atoms with Gasteiger partial charge in [0.15, 0.2) is 0 Å². The molecule has 0 fully saturated rings. The highest BCUT2D eigenvalue weighted by atomic mass is 79.9. The molecule has 0 saturated heterocycles. The quantitative estimate of drug-likeness (QED) is 0.679. The smallest absolute Gasteiger partial charge is 0.0639 e. The molecule has 0 unspecified atom stereocenters. The first-order valence-electron chi connectivity index (χ1n) is 5.57. The second kappa shape index (κ2) is 4.75. The third kappa shape index (κ3) is 2.16. The molecule has 2 nitrogen and oxygen atoms in total. The zero-order valence-electron chi connectivity index (χ0n) is 9.48. The third-order valence-electron chi connectivity index (χ3n) is 2.93. The van der Waals surface area contributed by atoms with Crippen molar-refractivity contribution in [1.82, 2.24) is 9.55 Å². The molecule has 3 rings (SSSR count). The lowest BCUT2D eigenvalue weighted by molar-refractivity contribution is 0.835. The topological polar surface area (TPSA) is 17.8 Å². The van der Waals surface area contributed by atoms with Gasteiger partial charge in [-0.25, -0.2) is 0 Å². The Labute approximate surface area is 118 Å². The zero-order valence-corrected chi connectivity index (χ0v) is 11.8. The molecule has 2 heterocycles. The summed E-state index contributed by atoms with van der Waals surface area (Å²) in [7, 11) is 0. The van der Waals surface area contributed by atoms with Crippen molar-refractivity contribution < 1.29 is 0 Å². The minimum atomic E-state index is 0.703. The summed E-state index contributed by atoms with van der Waals surface area (Å²) >= 11 is 9.64. The molecule has 0 radical (unpaired) electrons. The summed E-state index contributed by atoms with van der Waals surface area (Å²) < 4.78 is 3.26. The minimum Gasteiger partial charge on any atom is -0.343 e. The van der Waals surface area contributed by atoms with Crippen LogP contribution in [0.4, 0.5) is 0 Å². The molecule has 2 aromatic heterocycles. The highest BCUT2D eigenvalue weighted by Gasteiger charge is 2.05. The monoisotopic (exact) mass is 320 g/mol. The van der Waals surface area contributed by atoms with E-state index in [9.17, 15) is 0 Å². The second-order valence-corrected chi connectivity index (χ2v) is 5.44. The van der Waals surface area contributed by atoms with Crippen LogP contribution in [-0.4, -0.2) is 9.55 Å². The fraction of sp³-hybridized carbons (Fsp3) is 0.0714. The largest absolute Gasteiger partial charge is 0.343 e. The molecule has 0 aliphatic rings. The van der Waals surface area contributed by atoms with E-state index in [1.54, 1.807) is 12.4 Å². The summed E-state index contributed by atoms with van der Waals surface area (Å²) in [6.45, 7) is 0.751. The number of pyridine rings is 1. The summed E-state index contributed by atoms with van der Waals surface area (Å²) in [6.07, 6.45) is 5.52. The molecule has 0 aliphatic heterocycles. The lowest BCUT2D eigenvalue weighted by Crippen LogP contribution is -1.98. The third-order valence-corrected chi connectivity index (χ3v) is 3.77. The van der Waals surface area contributed by atoms with Crippen LogP contribution in [0.25, 0.3) is 10.9 Å². The summed E-state index contributed by atoms with van der Waals surface area (Å²) in [5.74, 6) is 0. The number of hydrogen-bond donors (Lipinski definition) is 0. The van der Waals surface area contributed by atoms with Gasteiger partial charge in [0.2, 0.25) is 0 Å². The van der Waals surface area contributed by atoms with Gasteiger partial charge >= 0.3 is 0 Å². The van der Waals surface area contributed by atoms with E-state index in [0.717, 1.165) is 16.6 Å². The van der Waals surface area contributed by atoms with E-state index < -0.39 is 0 Å². The van der Waals surface area contributed by atoms with Gasteiger partial charge in [-0.1, -0.05) is 33.6 Å². The summed E-state index contributed by atoms with van der Waals surface area (Å²) in [6, 6.07) is 10.3. The van der Waals surface area contributed by atoms with E-state index >= 15 is 0 Å². The maximum Gasteiger partial charge on any atom is 0.0639 e. The average molecular weight is 322 g/mol. The van der Waals surface area contributed by atoms with Gasteiger partial charge < -0.3 is 4.57 Å². The summed E-state index contributed by atoms with van der Waals surface area (Å²) in [5, 5.41) is 1.93. The SMILES string of the molecule is Clc1cnccc1Cn1ccc2ccc(Br)cc21. The highest BCUT2D eigenvalue weighted by molar-refractivity contribution is 9.10. The highest BCUT2D eigenvalue weighted by Crippen LogP contribution is 2.23. The van der Waals surface area contributed by atoms with Gasteiger partial charge in [-0.15, -0.1) is 0 Å². The van der Waals surface area contributed by atoms with Crippen molar-refractivity contribution >= 4 is 38.4 Å². The van der Waals surface area contributed by atoms with Crippen LogP contribution in [-0.2, 0) is 6.54 Å². The van der Waals surface area contributed by atoms with Gasteiger partial charge in [-0.2, -0.15) is 0 Å². The van der Waals surface area contributed by atoms with Crippen molar-refractivity contribution in [3.8, 4) is 0 Å². The van der Waals surface area contributed by atoms with Crippen LogP contribution in [0.5, 0.6) is 0 Å². The van der Waals surface area contributed by atoms with Crippen molar-refractivity contribution in [1.29, 1.82) is 0 Å². The summed E-state index contributed by atoms with van der Waals surface area (Å²) in [4.78, 5) is 4.00. The molecule has 0 amide bonds. The van der Waals surface area contributed by atoms with Crippen LogP contribution in [0.1, 0.15) is 5.56 Å². The molecule has 0 aliphatic carbocycles. The van der Waals surface area contributed by atoms with Crippen LogP contribution in [0.15, 0.2) is 53.4 Å². The number of aromatic nitrogens is 2. The predicted octanol–water partition coefficient (Wildman–Crippen LogP) is 4.50. The van der Waals surface area contributed by atoms with Gasteiger partial charge in [0.1, 0.15) is 0 Å². The minimum absolute atomic E-state index is 0.703. The molecule has 4 heteroatoms. The Morgan fingerprint density at radius 3 is 2.94 bits per heavy atom. The van der Waals surface area contributed by atoms with Gasteiger partial charge in [0.25, 0.3) is 0 Å². The fourth-order valence-corrected chi connectivity index (χ4v) is 2.54. The van der Waals surface area contributed by atoms with E-state index in [1.807, 2.05) is 12.1 Å². The number of nitrogens with zero attached hydrogens (tertiary/aromatic N) is 2. The number of halogens is 2. The van der Waals surface area contributed by atoms with Crippen LogP contribution in [0, 0.1) is 0 Å². The molecule has 0 spiro atoms. The molecule has 0 saturated carbocycles.